The molecule has 1 aliphatic carbocycles. The van der Waals surface area contributed by atoms with E-state index in [-0.39, 0.29) is 11.7 Å². The number of carbonyl (C=O) groups is 1. The van der Waals surface area contributed by atoms with E-state index in [0.717, 1.165) is 38.6 Å². The number of amides is 1. The smallest absolute Gasteiger partial charge is 0.236 e. The molecule has 0 spiro atoms. The summed E-state index contributed by atoms with van der Waals surface area (Å²) in [5.41, 5.74) is 5.01. The third-order valence-electron chi connectivity index (χ3n) is 3.91. The van der Waals surface area contributed by atoms with Crippen LogP contribution in [0, 0.1) is 5.41 Å². The molecule has 0 unspecified atom stereocenters. The fraction of sp³-hybridized carbons (Fsp3) is 0.846. The highest BCUT2D eigenvalue weighted by Gasteiger charge is 2.46. The van der Waals surface area contributed by atoms with Crippen LogP contribution in [0.2, 0.25) is 0 Å². The minimum atomic E-state index is -0.754. The number of hydrogen-bond donors (Lipinski definition) is 2. The highest BCUT2D eigenvalue weighted by atomic mass is 16.4. The van der Waals surface area contributed by atoms with E-state index in [1.165, 1.54) is 0 Å². The van der Waals surface area contributed by atoms with Gasteiger partial charge in [-0.2, -0.15) is 0 Å². The number of oxime groups is 1. The van der Waals surface area contributed by atoms with E-state index in [1.807, 2.05) is 7.05 Å². The van der Waals surface area contributed by atoms with Gasteiger partial charge in [0.1, 0.15) is 5.41 Å². The van der Waals surface area contributed by atoms with Crippen molar-refractivity contribution in [2.75, 3.05) is 13.6 Å². The molecule has 1 saturated carbocycles. The molecule has 1 fully saturated rings. The van der Waals surface area contributed by atoms with E-state index in [0.29, 0.717) is 12.8 Å². The van der Waals surface area contributed by atoms with Gasteiger partial charge in [-0.05, 0) is 19.3 Å². The second-order valence-electron chi connectivity index (χ2n) is 5.21. The standard InChI is InChI=1S/C13H25N3O2/c1-3-4-7-10-16(2)12(17)13(11(14)15-18)8-5-6-9-13/h18H,3-10H2,1-2H3,(H2,14,15). The van der Waals surface area contributed by atoms with Crippen molar-refractivity contribution in [3.8, 4) is 0 Å². The highest BCUT2D eigenvalue weighted by molar-refractivity contribution is 6.06. The van der Waals surface area contributed by atoms with Gasteiger partial charge in [0.25, 0.3) is 0 Å². The molecule has 1 rings (SSSR count). The summed E-state index contributed by atoms with van der Waals surface area (Å²) >= 11 is 0. The van der Waals surface area contributed by atoms with E-state index in [1.54, 1.807) is 4.90 Å². The van der Waals surface area contributed by atoms with Crippen LogP contribution in [-0.4, -0.2) is 35.4 Å². The summed E-state index contributed by atoms with van der Waals surface area (Å²) in [6.45, 7) is 2.88. The molecule has 0 aromatic rings. The number of nitrogens with zero attached hydrogens (tertiary/aromatic N) is 2. The number of amidine groups is 1. The predicted molar refractivity (Wildman–Crippen MR) is 71.5 cm³/mol. The van der Waals surface area contributed by atoms with Crippen LogP contribution in [0.25, 0.3) is 0 Å². The molecule has 1 amide bonds. The highest BCUT2D eigenvalue weighted by Crippen LogP contribution is 2.39. The second-order valence-corrected chi connectivity index (χ2v) is 5.21. The first-order valence-electron chi connectivity index (χ1n) is 6.82. The van der Waals surface area contributed by atoms with Crippen LogP contribution in [0.4, 0.5) is 0 Å². The van der Waals surface area contributed by atoms with Crippen molar-refractivity contribution in [3.63, 3.8) is 0 Å². The van der Waals surface area contributed by atoms with Crippen molar-refractivity contribution in [1.29, 1.82) is 0 Å². The maximum Gasteiger partial charge on any atom is 0.236 e. The largest absolute Gasteiger partial charge is 0.409 e. The monoisotopic (exact) mass is 255 g/mol. The van der Waals surface area contributed by atoms with Gasteiger partial charge in [0.05, 0.1) is 0 Å². The van der Waals surface area contributed by atoms with Crippen molar-refractivity contribution < 1.29 is 10.0 Å². The second kappa shape index (κ2) is 6.61. The van der Waals surface area contributed by atoms with Crippen LogP contribution in [0.3, 0.4) is 0 Å². The first-order chi connectivity index (χ1) is 8.58. The Labute approximate surface area is 109 Å². The Kier molecular flexibility index (Phi) is 5.44. The maximum atomic E-state index is 12.5. The molecule has 5 nitrogen and oxygen atoms in total. The van der Waals surface area contributed by atoms with Crippen LogP contribution >= 0.6 is 0 Å². The summed E-state index contributed by atoms with van der Waals surface area (Å²) in [6.07, 6.45) is 6.57. The lowest BCUT2D eigenvalue weighted by atomic mass is 9.83. The number of carbonyl (C=O) groups excluding carboxylic acids is 1. The summed E-state index contributed by atoms with van der Waals surface area (Å²) in [4.78, 5) is 14.3. The molecule has 3 N–H and O–H groups in total. The quantitative estimate of drug-likeness (QED) is 0.250. The average Bonchev–Trinajstić information content (AvgIpc) is 2.87. The third kappa shape index (κ3) is 2.94. The van der Waals surface area contributed by atoms with Crippen LogP contribution in [0.1, 0.15) is 51.9 Å². The molecule has 5 heteroatoms. The molecule has 0 bridgehead atoms. The van der Waals surface area contributed by atoms with Crippen molar-refractivity contribution in [1.82, 2.24) is 4.90 Å². The van der Waals surface area contributed by atoms with Crippen LogP contribution < -0.4 is 5.73 Å². The van der Waals surface area contributed by atoms with Gasteiger partial charge < -0.3 is 15.8 Å². The zero-order valence-corrected chi connectivity index (χ0v) is 11.5. The summed E-state index contributed by atoms with van der Waals surface area (Å²) < 4.78 is 0. The molecule has 104 valence electrons. The molecule has 0 aliphatic heterocycles. The number of unbranched alkanes of at least 4 members (excludes halogenated alkanes) is 2. The maximum absolute atomic E-state index is 12.5. The third-order valence-corrected chi connectivity index (χ3v) is 3.91. The molecule has 0 heterocycles. The predicted octanol–water partition coefficient (Wildman–Crippen LogP) is 1.94. The fourth-order valence-electron chi connectivity index (χ4n) is 2.72. The fourth-order valence-corrected chi connectivity index (χ4v) is 2.72. The Hall–Kier alpha value is -1.26. The van der Waals surface area contributed by atoms with E-state index in [9.17, 15) is 4.79 Å². The minimum Gasteiger partial charge on any atom is -0.409 e. The van der Waals surface area contributed by atoms with E-state index >= 15 is 0 Å². The number of rotatable bonds is 6. The lowest BCUT2D eigenvalue weighted by Gasteiger charge is -2.31. The van der Waals surface area contributed by atoms with Gasteiger partial charge in [-0.3, -0.25) is 4.79 Å². The van der Waals surface area contributed by atoms with Gasteiger partial charge in [0.15, 0.2) is 5.84 Å². The SMILES string of the molecule is CCCCCN(C)C(=O)C1(C(N)=NO)CCCC1. The Balaban J connectivity index is 2.71. The summed E-state index contributed by atoms with van der Waals surface area (Å²) in [5, 5.41) is 12.0. The van der Waals surface area contributed by atoms with E-state index < -0.39 is 5.41 Å². The molecule has 1 aliphatic rings. The molecule has 0 atom stereocenters. The van der Waals surface area contributed by atoms with Gasteiger partial charge in [-0.1, -0.05) is 37.8 Å². The number of nitrogens with two attached hydrogens (primary N) is 1. The van der Waals surface area contributed by atoms with Gasteiger partial charge in [0, 0.05) is 13.6 Å². The molecule has 18 heavy (non-hydrogen) atoms. The molecule has 0 radical (unpaired) electrons. The van der Waals surface area contributed by atoms with Gasteiger partial charge in [-0.15, -0.1) is 0 Å². The van der Waals surface area contributed by atoms with Crippen LogP contribution in [0.15, 0.2) is 5.16 Å². The zero-order valence-electron chi connectivity index (χ0n) is 11.5. The minimum absolute atomic E-state index is 0.00593. The molecule has 0 aromatic carbocycles. The van der Waals surface area contributed by atoms with Crippen LogP contribution in [-0.2, 0) is 4.79 Å². The molecular formula is C13H25N3O2. The summed E-state index contributed by atoms with van der Waals surface area (Å²) in [5.74, 6) is 0.0822. The summed E-state index contributed by atoms with van der Waals surface area (Å²) in [7, 11) is 1.81. The molecule has 0 aromatic heterocycles. The zero-order chi connectivity index (χ0) is 13.6. The van der Waals surface area contributed by atoms with Gasteiger partial charge in [-0.25, -0.2) is 0 Å². The first-order valence-corrected chi connectivity index (χ1v) is 6.82. The number of hydrogen-bond acceptors (Lipinski definition) is 3. The molecular weight excluding hydrogens is 230 g/mol. The van der Waals surface area contributed by atoms with Gasteiger partial charge in [0.2, 0.25) is 5.91 Å². The summed E-state index contributed by atoms with van der Waals surface area (Å²) in [6, 6.07) is 0. The van der Waals surface area contributed by atoms with Crippen molar-refractivity contribution >= 4 is 11.7 Å². The van der Waals surface area contributed by atoms with Crippen LogP contribution in [0.5, 0.6) is 0 Å². The van der Waals surface area contributed by atoms with E-state index in [4.69, 9.17) is 10.9 Å². The van der Waals surface area contributed by atoms with Crippen molar-refractivity contribution in [2.24, 2.45) is 16.3 Å². The van der Waals surface area contributed by atoms with Crippen molar-refractivity contribution in [3.05, 3.63) is 0 Å². The molecule has 0 saturated heterocycles. The lowest BCUT2D eigenvalue weighted by molar-refractivity contribution is -0.137. The topological polar surface area (TPSA) is 78.9 Å². The van der Waals surface area contributed by atoms with E-state index in [2.05, 4.69) is 12.1 Å². The normalized spacial score (nSPS) is 18.9. The lowest BCUT2D eigenvalue weighted by Crippen LogP contribution is -2.49. The Bertz CT molecular complexity index is 309. The Morgan fingerprint density at radius 3 is 2.50 bits per heavy atom. The Morgan fingerprint density at radius 1 is 1.39 bits per heavy atom. The Morgan fingerprint density at radius 2 is 2.00 bits per heavy atom. The van der Waals surface area contributed by atoms with Gasteiger partial charge >= 0.3 is 0 Å². The first kappa shape index (κ1) is 14.8. The average molecular weight is 255 g/mol. The van der Waals surface area contributed by atoms with Crippen molar-refractivity contribution in [2.45, 2.75) is 51.9 Å².